The fourth-order valence-electron chi connectivity index (χ4n) is 2.10. The van der Waals surface area contributed by atoms with Gasteiger partial charge in [0, 0.05) is 10.9 Å². The number of aromatic carboxylic acids is 1. The van der Waals surface area contributed by atoms with Crippen molar-refractivity contribution in [2.24, 2.45) is 11.7 Å². The van der Waals surface area contributed by atoms with Crippen molar-refractivity contribution in [2.45, 2.75) is 46.1 Å². The first-order chi connectivity index (χ1) is 10.3. The molecule has 2 aromatic heterocycles. The normalized spacial score (nSPS) is 14.6. The topological polar surface area (TPSA) is 109 Å². The first kappa shape index (κ1) is 16.6. The van der Waals surface area contributed by atoms with E-state index in [-0.39, 0.29) is 11.4 Å². The summed E-state index contributed by atoms with van der Waals surface area (Å²) in [5.74, 6) is -0.852. The van der Waals surface area contributed by atoms with Crippen LogP contribution in [0.4, 0.5) is 0 Å². The van der Waals surface area contributed by atoms with E-state index in [4.69, 9.17) is 10.8 Å². The van der Waals surface area contributed by atoms with Crippen molar-refractivity contribution in [3.8, 4) is 0 Å². The van der Waals surface area contributed by atoms with Gasteiger partial charge in [0.25, 0.3) is 5.56 Å². The predicted octanol–water partition coefficient (Wildman–Crippen LogP) is 2.16. The number of hydrogen-bond acceptors (Lipinski definition) is 5. The maximum Gasteiger partial charge on any atom is 0.372 e. The molecule has 0 saturated carbocycles. The number of H-pyrrole nitrogens is 1. The first-order valence-corrected chi connectivity index (χ1v) is 8.16. The SMILES string of the molecule is CC(C)[C@@H](C)N.O=C(O)c1nc2sc3c(c2c(=O)[nH]1)CCC3. The summed E-state index contributed by atoms with van der Waals surface area (Å²) < 4.78 is 0. The van der Waals surface area contributed by atoms with Gasteiger partial charge in [0.05, 0.1) is 5.39 Å². The van der Waals surface area contributed by atoms with E-state index in [1.807, 2.05) is 6.92 Å². The molecular formula is C15H21N3O3S. The lowest BCUT2D eigenvalue weighted by molar-refractivity contribution is 0.0683. The smallest absolute Gasteiger partial charge is 0.372 e. The Hall–Kier alpha value is -1.73. The van der Waals surface area contributed by atoms with Gasteiger partial charge in [-0.05, 0) is 37.7 Å². The molecule has 120 valence electrons. The number of nitrogens with two attached hydrogens (primary N) is 1. The zero-order valence-corrected chi connectivity index (χ0v) is 13.8. The largest absolute Gasteiger partial charge is 0.475 e. The summed E-state index contributed by atoms with van der Waals surface area (Å²) in [6, 6.07) is 0.352. The van der Waals surface area contributed by atoms with Gasteiger partial charge in [-0.3, -0.25) is 4.79 Å². The van der Waals surface area contributed by atoms with Gasteiger partial charge < -0.3 is 15.8 Å². The molecule has 0 fully saturated rings. The van der Waals surface area contributed by atoms with E-state index in [1.165, 1.54) is 16.2 Å². The summed E-state index contributed by atoms with van der Waals surface area (Å²) in [5, 5.41) is 9.37. The number of hydrogen-bond donors (Lipinski definition) is 3. The average Bonchev–Trinajstić information content (AvgIpc) is 2.98. The van der Waals surface area contributed by atoms with E-state index in [9.17, 15) is 9.59 Å². The zero-order chi connectivity index (χ0) is 16.4. The highest BCUT2D eigenvalue weighted by atomic mass is 32.1. The highest BCUT2D eigenvalue weighted by Crippen LogP contribution is 2.34. The van der Waals surface area contributed by atoms with Crippen molar-refractivity contribution in [1.29, 1.82) is 0 Å². The van der Waals surface area contributed by atoms with Gasteiger partial charge in [0.1, 0.15) is 4.83 Å². The monoisotopic (exact) mass is 323 g/mol. The molecule has 0 bridgehead atoms. The third-order valence-corrected chi connectivity index (χ3v) is 5.01. The lowest BCUT2D eigenvalue weighted by atomic mass is 10.1. The molecule has 0 spiro atoms. The van der Waals surface area contributed by atoms with Crippen molar-refractivity contribution in [3.63, 3.8) is 0 Å². The summed E-state index contributed by atoms with van der Waals surface area (Å²) in [5.41, 5.74) is 6.16. The van der Waals surface area contributed by atoms with Crippen molar-refractivity contribution in [1.82, 2.24) is 9.97 Å². The molecule has 0 radical (unpaired) electrons. The van der Waals surface area contributed by atoms with Crippen LogP contribution in [0.1, 0.15) is 48.3 Å². The molecule has 7 heteroatoms. The molecule has 0 aliphatic heterocycles. The Labute approximate surface area is 132 Å². The lowest BCUT2D eigenvalue weighted by Crippen LogP contribution is -2.21. The number of carboxylic acids is 1. The highest BCUT2D eigenvalue weighted by molar-refractivity contribution is 7.18. The van der Waals surface area contributed by atoms with Crippen molar-refractivity contribution in [3.05, 3.63) is 26.6 Å². The maximum absolute atomic E-state index is 11.8. The summed E-state index contributed by atoms with van der Waals surface area (Å²) in [6.45, 7) is 6.25. The van der Waals surface area contributed by atoms with Gasteiger partial charge in [0.15, 0.2) is 0 Å². The van der Waals surface area contributed by atoms with Crippen molar-refractivity contribution < 1.29 is 9.90 Å². The number of nitrogens with one attached hydrogen (secondary N) is 1. The Balaban J connectivity index is 0.000000254. The van der Waals surface area contributed by atoms with Gasteiger partial charge in [-0.2, -0.15) is 0 Å². The Kier molecular flexibility index (Phi) is 4.97. The maximum atomic E-state index is 11.8. The summed E-state index contributed by atoms with van der Waals surface area (Å²) in [6.07, 6.45) is 2.93. The Morgan fingerprint density at radius 1 is 1.36 bits per heavy atom. The van der Waals surface area contributed by atoms with Crippen LogP contribution in [-0.2, 0) is 12.8 Å². The minimum absolute atomic E-state index is 0.280. The molecule has 0 aromatic carbocycles. The molecule has 2 aromatic rings. The number of carbonyl (C=O) groups is 1. The summed E-state index contributed by atoms with van der Waals surface area (Å²) in [4.78, 5) is 30.5. The van der Waals surface area contributed by atoms with Crippen molar-refractivity contribution in [2.75, 3.05) is 0 Å². The van der Waals surface area contributed by atoms with E-state index in [1.54, 1.807) is 0 Å². The molecule has 1 aliphatic carbocycles. The molecule has 3 rings (SSSR count). The van der Waals surface area contributed by atoms with Crippen LogP contribution in [-0.4, -0.2) is 27.1 Å². The number of aromatic nitrogens is 2. The molecule has 0 unspecified atom stereocenters. The second-order valence-electron chi connectivity index (χ2n) is 5.86. The lowest BCUT2D eigenvalue weighted by Gasteiger charge is -2.05. The molecule has 2 heterocycles. The van der Waals surface area contributed by atoms with Gasteiger partial charge in [-0.15, -0.1) is 11.3 Å². The zero-order valence-electron chi connectivity index (χ0n) is 13.0. The minimum Gasteiger partial charge on any atom is -0.475 e. The number of thiophene rings is 1. The number of nitrogens with zero attached hydrogens (tertiary/aromatic N) is 1. The molecule has 1 aliphatic rings. The van der Waals surface area contributed by atoms with E-state index in [0.717, 1.165) is 24.8 Å². The second-order valence-corrected chi connectivity index (χ2v) is 6.94. The number of carboxylic acid groups (broad SMARTS) is 1. The Morgan fingerprint density at radius 2 is 2.00 bits per heavy atom. The molecule has 6 nitrogen and oxygen atoms in total. The summed E-state index contributed by atoms with van der Waals surface area (Å²) >= 11 is 1.44. The third kappa shape index (κ3) is 3.36. The fraction of sp³-hybridized carbons (Fsp3) is 0.533. The van der Waals surface area contributed by atoms with Crippen LogP contribution < -0.4 is 11.3 Å². The van der Waals surface area contributed by atoms with E-state index in [2.05, 4.69) is 23.8 Å². The first-order valence-electron chi connectivity index (χ1n) is 7.34. The predicted molar refractivity (Wildman–Crippen MR) is 87.7 cm³/mol. The highest BCUT2D eigenvalue weighted by Gasteiger charge is 2.21. The van der Waals surface area contributed by atoms with Gasteiger partial charge in [-0.1, -0.05) is 13.8 Å². The molecule has 1 atom stereocenters. The fourth-order valence-corrected chi connectivity index (χ4v) is 3.37. The van der Waals surface area contributed by atoms with Crippen LogP contribution in [0.2, 0.25) is 0 Å². The quantitative estimate of drug-likeness (QED) is 0.784. The van der Waals surface area contributed by atoms with Crippen LogP contribution >= 0.6 is 11.3 Å². The Bertz CT molecular complexity index is 740. The van der Waals surface area contributed by atoms with Crippen molar-refractivity contribution >= 4 is 27.5 Å². The molecule has 0 saturated heterocycles. The number of aromatic amines is 1. The van der Waals surface area contributed by atoms with Crippen LogP contribution in [0.25, 0.3) is 10.2 Å². The van der Waals surface area contributed by atoms with Gasteiger partial charge in [0.2, 0.25) is 5.82 Å². The number of fused-ring (bicyclic) bond motifs is 3. The van der Waals surface area contributed by atoms with Crippen LogP contribution in [0.5, 0.6) is 0 Å². The molecule has 4 N–H and O–H groups in total. The Morgan fingerprint density at radius 3 is 2.55 bits per heavy atom. The number of rotatable bonds is 2. The summed E-state index contributed by atoms with van der Waals surface area (Å²) in [7, 11) is 0. The second kappa shape index (κ2) is 6.58. The van der Waals surface area contributed by atoms with Gasteiger partial charge >= 0.3 is 5.97 Å². The number of aryl methyl sites for hydroxylation is 2. The van der Waals surface area contributed by atoms with Gasteiger partial charge in [-0.25, -0.2) is 9.78 Å². The third-order valence-electron chi connectivity index (χ3n) is 3.83. The van der Waals surface area contributed by atoms with E-state index < -0.39 is 5.97 Å². The molecule has 22 heavy (non-hydrogen) atoms. The van der Waals surface area contributed by atoms with E-state index in [0.29, 0.717) is 22.2 Å². The van der Waals surface area contributed by atoms with Crippen LogP contribution in [0.15, 0.2) is 4.79 Å². The standard InChI is InChI=1S/C10H8N2O3S.C5H13N/c13-8-6-4-2-1-3-5(4)16-9(6)12-7(11-8)10(14)15;1-4(2)5(3)6/h1-3H2,(H,14,15)(H,11,12,13);4-5H,6H2,1-3H3/t;5-/m.1/s1. The van der Waals surface area contributed by atoms with Crippen LogP contribution in [0.3, 0.4) is 0 Å². The average molecular weight is 323 g/mol. The van der Waals surface area contributed by atoms with E-state index >= 15 is 0 Å². The molecular weight excluding hydrogens is 302 g/mol. The minimum atomic E-state index is -1.20. The van der Waals surface area contributed by atoms with Crippen LogP contribution in [0, 0.1) is 5.92 Å². The molecule has 0 amide bonds.